The molecule has 0 aliphatic carbocycles. The molecule has 0 heterocycles. The number of hydrogen-bond donors (Lipinski definition) is 0. The van der Waals surface area contributed by atoms with Crippen LogP contribution in [0.5, 0.6) is 5.75 Å². The van der Waals surface area contributed by atoms with E-state index in [1.54, 1.807) is 11.9 Å². The van der Waals surface area contributed by atoms with Gasteiger partial charge in [0.25, 0.3) is 5.91 Å². The van der Waals surface area contributed by atoms with E-state index in [2.05, 4.69) is 0 Å². The molecule has 0 N–H and O–H groups in total. The summed E-state index contributed by atoms with van der Waals surface area (Å²) < 4.78 is 10.5. The zero-order valence-electron chi connectivity index (χ0n) is 12.3. The number of amides is 1. The number of nitrogens with zero attached hydrogens (tertiary/aromatic N) is 1. The summed E-state index contributed by atoms with van der Waals surface area (Å²) in [5.41, 5.74) is 1.93. The first kappa shape index (κ1) is 15.1. The van der Waals surface area contributed by atoms with Gasteiger partial charge >= 0.3 is 0 Å². The van der Waals surface area contributed by atoms with Crippen LogP contribution in [0.2, 0.25) is 0 Å². The van der Waals surface area contributed by atoms with E-state index in [-0.39, 0.29) is 12.5 Å². The van der Waals surface area contributed by atoms with Gasteiger partial charge in [0.2, 0.25) is 0 Å². The van der Waals surface area contributed by atoms with E-state index in [1.165, 1.54) is 7.11 Å². The second-order valence-corrected chi connectivity index (χ2v) is 4.65. The van der Waals surface area contributed by atoms with Gasteiger partial charge in [0.05, 0.1) is 0 Å². The minimum Gasteiger partial charge on any atom is -0.489 e. The molecule has 21 heavy (non-hydrogen) atoms. The number of hydrogen-bond acceptors (Lipinski definition) is 3. The summed E-state index contributed by atoms with van der Waals surface area (Å²) in [6.07, 6.45) is 0. The monoisotopic (exact) mass is 285 g/mol. The lowest BCUT2D eigenvalue weighted by Crippen LogP contribution is -2.29. The average molecular weight is 285 g/mol. The lowest BCUT2D eigenvalue weighted by Gasteiger charge is -2.17. The minimum atomic E-state index is -0.0875. The Bertz CT molecular complexity index is 566. The first-order chi connectivity index (χ1) is 10.2. The Morgan fingerprint density at radius 1 is 1.05 bits per heavy atom. The van der Waals surface area contributed by atoms with E-state index in [9.17, 15) is 4.79 Å². The van der Waals surface area contributed by atoms with Crippen LogP contribution in [0.15, 0.2) is 54.6 Å². The molecule has 0 aliphatic rings. The standard InChI is InChI=1S/C17H19NO3/c1-18(17(19)13-20-2)15-8-10-16(11-9-15)21-12-14-6-4-3-5-7-14/h3-11H,12-13H2,1-2H3. The van der Waals surface area contributed by atoms with Crippen LogP contribution < -0.4 is 9.64 Å². The molecule has 4 nitrogen and oxygen atoms in total. The largest absolute Gasteiger partial charge is 0.489 e. The molecule has 0 unspecified atom stereocenters. The van der Waals surface area contributed by atoms with E-state index < -0.39 is 0 Å². The predicted octanol–water partition coefficient (Wildman–Crippen LogP) is 2.87. The fourth-order valence-electron chi connectivity index (χ4n) is 1.87. The molecule has 0 saturated carbocycles. The molecule has 2 aromatic carbocycles. The Balaban J connectivity index is 1.94. The van der Waals surface area contributed by atoms with Crippen molar-refractivity contribution in [3.8, 4) is 5.75 Å². The van der Waals surface area contributed by atoms with E-state index in [0.717, 1.165) is 17.0 Å². The Labute approximate surface area is 124 Å². The molecule has 0 fully saturated rings. The number of methoxy groups -OCH3 is 1. The molecule has 0 saturated heterocycles. The number of benzene rings is 2. The van der Waals surface area contributed by atoms with Crippen molar-refractivity contribution in [2.24, 2.45) is 0 Å². The topological polar surface area (TPSA) is 38.8 Å². The number of rotatable bonds is 6. The lowest BCUT2D eigenvalue weighted by molar-refractivity contribution is -0.121. The Hall–Kier alpha value is -2.33. The number of anilines is 1. The molecule has 0 bridgehead atoms. The molecule has 1 amide bonds. The van der Waals surface area contributed by atoms with E-state index in [4.69, 9.17) is 9.47 Å². The van der Waals surface area contributed by atoms with Gasteiger partial charge in [0.1, 0.15) is 19.0 Å². The highest BCUT2D eigenvalue weighted by molar-refractivity contribution is 5.93. The first-order valence-electron chi connectivity index (χ1n) is 6.73. The van der Waals surface area contributed by atoms with Gasteiger partial charge in [-0.25, -0.2) is 0 Å². The average Bonchev–Trinajstić information content (AvgIpc) is 2.54. The zero-order valence-corrected chi connectivity index (χ0v) is 12.3. The van der Waals surface area contributed by atoms with Gasteiger partial charge in [-0.3, -0.25) is 4.79 Å². The predicted molar refractivity (Wildman–Crippen MR) is 82.5 cm³/mol. The van der Waals surface area contributed by atoms with Crippen molar-refractivity contribution in [2.45, 2.75) is 6.61 Å². The van der Waals surface area contributed by atoms with Crippen LogP contribution in [0.1, 0.15) is 5.56 Å². The van der Waals surface area contributed by atoms with Crippen LogP contribution in [0.25, 0.3) is 0 Å². The molecule has 2 rings (SSSR count). The molecule has 2 aromatic rings. The van der Waals surface area contributed by atoms with Crippen LogP contribution in [0.4, 0.5) is 5.69 Å². The molecular formula is C17H19NO3. The smallest absolute Gasteiger partial charge is 0.252 e. The van der Waals surface area contributed by atoms with Gasteiger partial charge < -0.3 is 14.4 Å². The summed E-state index contributed by atoms with van der Waals surface area (Å²) in [5.74, 6) is 0.686. The van der Waals surface area contributed by atoms with Crippen LogP contribution in [-0.2, 0) is 16.1 Å². The SMILES string of the molecule is COCC(=O)N(C)c1ccc(OCc2ccccc2)cc1. The third-order valence-corrected chi connectivity index (χ3v) is 3.11. The minimum absolute atomic E-state index is 0.0722. The Morgan fingerprint density at radius 2 is 1.71 bits per heavy atom. The summed E-state index contributed by atoms with van der Waals surface area (Å²) >= 11 is 0. The van der Waals surface area contributed by atoms with Crippen molar-refractivity contribution in [3.05, 3.63) is 60.2 Å². The molecular weight excluding hydrogens is 266 g/mol. The summed E-state index contributed by atoms with van der Waals surface area (Å²) in [5, 5.41) is 0. The summed E-state index contributed by atoms with van der Waals surface area (Å²) in [6.45, 7) is 0.599. The van der Waals surface area contributed by atoms with Gasteiger partial charge in [-0.15, -0.1) is 0 Å². The van der Waals surface area contributed by atoms with E-state index in [0.29, 0.717) is 6.61 Å². The highest BCUT2D eigenvalue weighted by atomic mass is 16.5. The molecule has 110 valence electrons. The summed E-state index contributed by atoms with van der Waals surface area (Å²) in [4.78, 5) is 13.3. The fraction of sp³-hybridized carbons (Fsp3) is 0.235. The molecule has 0 spiro atoms. The van der Waals surface area contributed by atoms with Crippen molar-refractivity contribution in [1.29, 1.82) is 0 Å². The van der Waals surface area contributed by atoms with Gasteiger partial charge in [-0.2, -0.15) is 0 Å². The van der Waals surface area contributed by atoms with Crippen LogP contribution in [0, 0.1) is 0 Å². The highest BCUT2D eigenvalue weighted by Crippen LogP contribution is 2.19. The van der Waals surface area contributed by atoms with Gasteiger partial charge in [0, 0.05) is 19.8 Å². The highest BCUT2D eigenvalue weighted by Gasteiger charge is 2.10. The second-order valence-electron chi connectivity index (χ2n) is 4.65. The number of carbonyl (C=O) groups excluding carboxylic acids is 1. The third-order valence-electron chi connectivity index (χ3n) is 3.11. The van der Waals surface area contributed by atoms with Crippen LogP contribution in [-0.4, -0.2) is 26.7 Å². The van der Waals surface area contributed by atoms with Crippen LogP contribution >= 0.6 is 0 Å². The second kappa shape index (κ2) is 7.45. The van der Waals surface area contributed by atoms with Gasteiger partial charge in [-0.05, 0) is 29.8 Å². The van der Waals surface area contributed by atoms with E-state index >= 15 is 0 Å². The van der Waals surface area contributed by atoms with Crippen LogP contribution in [0.3, 0.4) is 0 Å². The fourth-order valence-corrected chi connectivity index (χ4v) is 1.87. The molecule has 0 radical (unpaired) electrons. The van der Waals surface area contributed by atoms with E-state index in [1.807, 2.05) is 54.6 Å². The molecule has 4 heteroatoms. The van der Waals surface area contributed by atoms with Crippen molar-refractivity contribution in [3.63, 3.8) is 0 Å². The maximum absolute atomic E-state index is 11.7. The lowest BCUT2D eigenvalue weighted by atomic mass is 10.2. The quantitative estimate of drug-likeness (QED) is 0.819. The number of likely N-dealkylation sites (N-methyl/N-ethyl adjacent to an activating group) is 1. The summed E-state index contributed by atoms with van der Waals surface area (Å²) in [6, 6.07) is 17.4. The van der Waals surface area contributed by atoms with Gasteiger partial charge in [0.15, 0.2) is 0 Å². The number of ether oxygens (including phenoxy) is 2. The van der Waals surface area contributed by atoms with Gasteiger partial charge in [-0.1, -0.05) is 30.3 Å². The number of carbonyl (C=O) groups is 1. The van der Waals surface area contributed by atoms with Crippen molar-refractivity contribution < 1.29 is 14.3 Å². The molecule has 0 aliphatic heterocycles. The third kappa shape index (κ3) is 4.33. The normalized spacial score (nSPS) is 10.2. The molecule has 0 aromatic heterocycles. The zero-order chi connectivity index (χ0) is 15.1. The molecule has 0 atom stereocenters. The summed E-state index contributed by atoms with van der Waals surface area (Å²) in [7, 11) is 3.23. The first-order valence-corrected chi connectivity index (χ1v) is 6.73. The van der Waals surface area contributed by atoms with Crippen molar-refractivity contribution in [2.75, 3.05) is 25.7 Å². The maximum atomic E-state index is 11.7. The van der Waals surface area contributed by atoms with Crippen molar-refractivity contribution in [1.82, 2.24) is 0 Å². The Kier molecular flexibility index (Phi) is 5.35. The maximum Gasteiger partial charge on any atom is 0.252 e. The Morgan fingerprint density at radius 3 is 2.33 bits per heavy atom. The van der Waals surface area contributed by atoms with Crippen molar-refractivity contribution >= 4 is 11.6 Å².